The summed E-state index contributed by atoms with van der Waals surface area (Å²) in [4.78, 5) is 42.7. The molecule has 0 heterocycles. The molecule has 0 spiro atoms. The third kappa shape index (κ3) is 8.51. The van der Waals surface area contributed by atoms with Crippen molar-refractivity contribution < 1.29 is 24.0 Å². The minimum Gasteiger partial charge on any atom is -0.444 e. The number of carbonyl (C=O) groups excluding carboxylic acids is 3. The summed E-state index contributed by atoms with van der Waals surface area (Å²) in [6.45, 7) is 8.87. The van der Waals surface area contributed by atoms with Gasteiger partial charge in [-0.2, -0.15) is 0 Å². The van der Waals surface area contributed by atoms with Crippen molar-refractivity contribution in [3.8, 4) is 0 Å². The summed E-state index contributed by atoms with van der Waals surface area (Å²) in [5.41, 5.74) is 0.167. The Labute approximate surface area is 172 Å². The van der Waals surface area contributed by atoms with Gasteiger partial charge >= 0.3 is 6.09 Å². The fourth-order valence-corrected chi connectivity index (χ4v) is 2.56. The van der Waals surface area contributed by atoms with E-state index in [9.17, 15) is 14.4 Å². The molecule has 0 aliphatic carbocycles. The third-order valence-electron chi connectivity index (χ3n) is 4.10. The lowest BCUT2D eigenvalue weighted by Gasteiger charge is -2.28. The molecule has 3 amide bonds. The molecule has 0 aliphatic rings. The molecular weight excluding hydrogens is 374 g/mol. The monoisotopic (exact) mass is 407 g/mol. The Morgan fingerprint density at radius 2 is 1.66 bits per heavy atom. The Bertz CT molecular complexity index is 685. The molecule has 8 heteroatoms. The molecule has 0 saturated heterocycles. The molecule has 0 radical (unpaired) electrons. The summed E-state index contributed by atoms with van der Waals surface area (Å²) in [5, 5.41) is 6.43. The maximum Gasteiger partial charge on any atom is 0.408 e. The van der Waals surface area contributed by atoms with Gasteiger partial charge in [-0.05, 0) is 32.3 Å². The number of likely N-dealkylation sites (N-methyl/N-ethyl adjacent to an activating group) is 1. The lowest BCUT2D eigenvalue weighted by Crippen LogP contribution is -2.56. The number of hydrogen-bond acceptors (Lipinski definition) is 5. The molecule has 162 valence electrons. The largest absolute Gasteiger partial charge is 0.444 e. The van der Waals surface area contributed by atoms with E-state index in [2.05, 4.69) is 10.6 Å². The van der Waals surface area contributed by atoms with E-state index in [1.807, 2.05) is 44.2 Å². The van der Waals surface area contributed by atoms with Crippen LogP contribution in [-0.4, -0.2) is 54.8 Å². The molecule has 0 unspecified atom stereocenters. The Kier molecular flexibility index (Phi) is 9.10. The number of hydrogen-bond donors (Lipinski definition) is 2. The Morgan fingerprint density at radius 1 is 1.07 bits per heavy atom. The highest BCUT2D eigenvalue weighted by Crippen LogP contribution is 2.11. The highest BCUT2D eigenvalue weighted by molar-refractivity contribution is 5.91. The molecular formula is C21H33N3O5. The van der Waals surface area contributed by atoms with Gasteiger partial charge in [0.2, 0.25) is 5.91 Å². The zero-order chi connectivity index (χ0) is 22.2. The van der Waals surface area contributed by atoms with Crippen LogP contribution in [-0.2, 0) is 25.6 Å². The van der Waals surface area contributed by atoms with Gasteiger partial charge in [-0.1, -0.05) is 44.2 Å². The van der Waals surface area contributed by atoms with E-state index < -0.39 is 29.7 Å². The SMILES string of the molecule is CON(C)C(=O)[C@@H](NC(=O)[C@H](Cc1ccccc1)NC(=O)OC(C)(C)C)C(C)C. The average molecular weight is 408 g/mol. The van der Waals surface area contributed by atoms with Gasteiger partial charge in [0.25, 0.3) is 5.91 Å². The molecule has 29 heavy (non-hydrogen) atoms. The van der Waals surface area contributed by atoms with Crippen LogP contribution in [0.15, 0.2) is 30.3 Å². The summed E-state index contributed by atoms with van der Waals surface area (Å²) >= 11 is 0. The summed E-state index contributed by atoms with van der Waals surface area (Å²) in [6.07, 6.45) is -0.444. The second-order valence-electron chi connectivity index (χ2n) is 8.14. The van der Waals surface area contributed by atoms with Crippen molar-refractivity contribution in [2.24, 2.45) is 5.92 Å². The molecule has 2 atom stereocenters. The van der Waals surface area contributed by atoms with E-state index in [0.29, 0.717) is 0 Å². The van der Waals surface area contributed by atoms with Gasteiger partial charge in [0, 0.05) is 13.5 Å². The molecule has 8 nitrogen and oxygen atoms in total. The molecule has 0 fully saturated rings. The van der Waals surface area contributed by atoms with E-state index in [-0.39, 0.29) is 18.2 Å². The fraction of sp³-hybridized carbons (Fsp3) is 0.571. The number of carbonyl (C=O) groups is 3. The summed E-state index contributed by atoms with van der Waals surface area (Å²) in [6, 6.07) is 7.59. The average Bonchev–Trinajstić information content (AvgIpc) is 2.63. The highest BCUT2D eigenvalue weighted by Gasteiger charge is 2.31. The minimum absolute atomic E-state index is 0.178. The zero-order valence-electron chi connectivity index (χ0n) is 18.3. The number of alkyl carbamates (subject to hydrolysis) is 1. The van der Waals surface area contributed by atoms with Crippen molar-refractivity contribution in [2.75, 3.05) is 14.2 Å². The van der Waals surface area contributed by atoms with Crippen LogP contribution in [0.4, 0.5) is 4.79 Å². The number of nitrogens with zero attached hydrogens (tertiary/aromatic N) is 1. The van der Waals surface area contributed by atoms with E-state index in [1.54, 1.807) is 20.8 Å². The van der Waals surface area contributed by atoms with Gasteiger partial charge in [-0.25, -0.2) is 9.86 Å². The maximum atomic E-state index is 13.0. The van der Waals surface area contributed by atoms with Gasteiger partial charge in [-0.15, -0.1) is 0 Å². The second kappa shape index (κ2) is 10.8. The molecule has 0 bridgehead atoms. The van der Waals surface area contributed by atoms with Crippen LogP contribution < -0.4 is 10.6 Å². The van der Waals surface area contributed by atoms with E-state index in [0.717, 1.165) is 10.6 Å². The first kappa shape index (κ1) is 24.4. The fourth-order valence-electron chi connectivity index (χ4n) is 2.56. The predicted molar refractivity (Wildman–Crippen MR) is 110 cm³/mol. The quantitative estimate of drug-likeness (QED) is 0.645. The van der Waals surface area contributed by atoms with Crippen LogP contribution in [0.25, 0.3) is 0 Å². The van der Waals surface area contributed by atoms with E-state index >= 15 is 0 Å². The van der Waals surface area contributed by atoms with E-state index in [4.69, 9.17) is 9.57 Å². The highest BCUT2D eigenvalue weighted by atomic mass is 16.7. The Balaban J connectivity index is 3.01. The standard InChI is InChI=1S/C21H33N3O5/c1-14(2)17(19(26)24(6)28-7)23-18(25)16(13-15-11-9-8-10-12-15)22-20(27)29-21(3,4)5/h8-12,14,16-17H,13H2,1-7H3,(H,22,27)(H,23,25)/t16-,17-/m0/s1. The second-order valence-corrected chi connectivity index (χ2v) is 8.14. The van der Waals surface area contributed by atoms with Crippen molar-refractivity contribution in [1.29, 1.82) is 0 Å². The molecule has 2 N–H and O–H groups in total. The van der Waals surface area contributed by atoms with Crippen molar-refractivity contribution in [1.82, 2.24) is 15.7 Å². The van der Waals surface area contributed by atoms with Crippen LogP contribution in [0.2, 0.25) is 0 Å². The van der Waals surface area contributed by atoms with Crippen LogP contribution >= 0.6 is 0 Å². The van der Waals surface area contributed by atoms with Gasteiger partial charge in [0.1, 0.15) is 17.7 Å². The normalized spacial score (nSPS) is 13.4. The van der Waals surface area contributed by atoms with Gasteiger partial charge in [0.05, 0.1) is 7.11 Å². The lowest BCUT2D eigenvalue weighted by molar-refractivity contribution is -0.172. The van der Waals surface area contributed by atoms with Crippen LogP contribution in [0.3, 0.4) is 0 Å². The molecule has 1 aromatic carbocycles. The van der Waals surface area contributed by atoms with E-state index in [1.165, 1.54) is 14.2 Å². The Morgan fingerprint density at radius 3 is 2.14 bits per heavy atom. The predicted octanol–water partition coefficient (Wildman–Crippen LogP) is 2.28. The van der Waals surface area contributed by atoms with Crippen molar-refractivity contribution in [3.05, 3.63) is 35.9 Å². The lowest BCUT2D eigenvalue weighted by atomic mass is 10.0. The smallest absolute Gasteiger partial charge is 0.408 e. The number of amides is 3. The summed E-state index contributed by atoms with van der Waals surface area (Å²) < 4.78 is 5.29. The number of rotatable bonds is 8. The number of hydroxylamine groups is 2. The van der Waals surface area contributed by atoms with Crippen molar-refractivity contribution in [3.63, 3.8) is 0 Å². The number of nitrogens with one attached hydrogen (secondary N) is 2. The third-order valence-corrected chi connectivity index (χ3v) is 4.10. The first-order chi connectivity index (χ1) is 13.4. The Hall–Kier alpha value is -2.61. The summed E-state index contributed by atoms with van der Waals surface area (Å²) in [7, 11) is 2.85. The minimum atomic E-state index is -0.908. The van der Waals surface area contributed by atoms with Crippen molar-refractivity contribution >= 4 is 17.9 Å². The number of ether oxygens (including phenoxy) is 1. The van der Waals surface area contributed by atoms with Crippen LogP contribution in [0.5, 0.6) is 0 Å². The van der Waals surface area contributed by atoms with Crippen LogP contribution in [0, 0.1) is 5.92 Å². The number of benzene rings is 1. The topological polar surface area (TPSA) is 97.0 Å². The molecule has 1 rings (SSSR count). The van der Waals surface area contributed by atoms with Gasteiger partial charge < -0.3 is 15.4 Å². The first-order valence-electron chi connectivity index (χ1n) is 9.60. The molecule has 1 aromatic rings. The maximum absolute atomic E-state index is 13.0. The first-order valence-corrected chi connectivity index (χ1v) is 9.60. The van der Waals surface area contributed by atoms with Gasteiger partial charge in [-0.3, -0.25) is 14.4 Å². The molecule has 0 aliphatic heterocycles. The summed E-state index contributed by atoms with van der Waals surface area (Å²) in [5.74, 6) is -1.04. The van der Waals surface area contributed by atoms with Gasteiger partial charge in [0.15, 0.2) is 0 Å². The van der Waals surface area contributed by atoms with Crippen molar-refractivity contribution in [2.45, 2.75) is 58.7 Å². The van der Waals surface area contributed by atoms with Crippen LogP contribution in [0.1, 0.15) is 40.2 Å². The zero-order valence-corrected chi connectivity index (χ0v) is 18.3. The molecule has 0 aromatic heterocycles. The molecule has 0 saturated carbocycles.